The fourth-order valence-electron chi connectivity index (χ4n) is 1.60. The van der Waals surface area contributed by atoms with Crippen LogP contribution in [0.3, 0.4) is 0 Å². The Morgan fingerprint density at radius 3 is 2.19 bits per heavy atom. The molecule has 1 atom stereocenters. The molecule has 0 amide bonds. The van der Waals surface area contributed by atoms with Gasteiger partial charge in [0.25, 0.3) is 0 Å². The monoisotopic (exact) mass is 231 g/mol. The van der Waals surface area contributed by atoms with Crippen LogP contribution in [0.15, 0.2) is 0 Å². The van der Waals surface area contributed by atoms with E-state index in [9.17, 15) is 5.11 Å². The molecule has 0 aliphatic rings. The second-order valence-corrected chi connectivity index (χ2v) is 5.18. The normalized spacial score (nSPS) is 14.1. The largest absolute Gasteiger partial charge is 0.392 e. The van der Waals surface area contributed by atoms with E-state index in [0.717, 1.165) is 32.6 Å². The third-order valence-electron chi connectivity index (χ3n) is 2.54. The maximum Gasteiger partial charge on any atom is 0.0674 e. The number of likely N-dealkylation sites (N-methyl/N-ethyl adjacent to an activating group) is 1. The van der Waals surface area contributed by atoms with Crippen molar-refractivity contribution in [2.24, 2.45) is 11.7 Å². The molecule has 98 valence electrons. The summed E-state index contributed by atoms with van der Waals surface area (Å²) in [5.74, 6) is 0.664. The topological polar surface area (TPSA) is 52.7 Å². The summed E-state index contributed by atoms with van der Waals surface area (Å²) in [5.41, 5.74) is 5.40. The first-order valence-electron chi connectivity index (χ1n) is 6.21. The lowest BCUT2D eigenvalue weighted by Gasteiger charge is -2.26. The quantitative estimate of drug-likeness (QED) is 0.596. The second kappa shape index (κ2) is 8.93. The molecule has 0 rings (SSSR count). The zero-order valence-electron chi connectivity index (χ0n) is 11.3. The molecule has 1 unspecified atom stereocenters. The van der Waals surface area contributed by atoms with Crippen molar-refractivity contribution in [1.82, 2.24) is 9.80 Å². The minimum Gasteiger partial charge on any atom is -0.392 e. The van der Waals surface area contributed by atoms with Gasteiger partial charge in [-0.25, -0.2) is 0 Å². The first-order valence-corrected chi connectivity index (χ1v) is 6.21. The summed E-state index contributed by atoms with van der Waals surface area (Å²) in [5, 5.41) is 9.46. The summed E-state index contributed by atoms with van der Waals surface area (Å²) in [4.78, 5) is 4.59. The summed E-state index contributed by atoms with van der Waals surface area (Å²) in [6.45, 7) is 8.96. The Labute approximate surface area is 100 Å². The zero-order valence-corrected chi connectivity index (χ0v) is 11.3. The maximum atomic E-state index is 9.46. The van der Waals surface area contributed by atoms with Crippen molar-refractivity contribution < 1.29 is 5.11 Å². The minimum absolute atomic E-state index is 0.353. The van der Waals surface area contributed by atoms with Crippen molar-refractivity contribution in [2.75, 3.05) is 46.8 Å². The molecular formula is C12H29N3O. The van der Waals surface area contributed by atoms with Crippen LogP contribution in [-0.2, 0) is 0 Å². The van der Waals surface area contributed by atoms with Gasteiger partial charge in [-0.1, -0.05) is 13.8 Å². The lowest BCUT2D eigenvalue weighted by atomic mass is 10.2. The summed E-state index contributed by atoms with van der Waals surface area (Å²) >= 11 is 0. The van der Waals surface area contributed by atoms with Gasteiger partial charge in [0, 0.05) is 32.7 Å². The van der Waals surface area contributed by atoms with Gasteiger partial charge in [-0.15, -0.1) is 0 Å². The van der Waals surface area contributed by atoms with Gasteiger partial charge in [0.1, 0.15) is 0 Å². The van der Waals surface area contributed by atoms with Crippen LogP contribution >= 0.6 is 0 Å². The Morgan fingerprint density at radius 1 is 1.12 bits per heavy atom. The Balaban J connectivity index is 3.89. The van der Waals surface area contributed by atoms with Crippen molar-refractivity contribution >= 4 is 0 Å². The molecule has 16 heavy (non-hydrogen) atoms. The van der Waals surface area contributed by atoms with Crippen LogP contribution in [0, 0.1) is 5.92 Å². The highest BCUT2D eigenvalue weighted by molar-refractivity contribution is 4.65. The maximum absolute atomic E-state index is 9.46. The number of aliphatic hydroxyl groups excluding tert-OH is 1. The minimum atomic E-state index is -0.353. The molecule has 0 radical (unpaired) electrons. The summed E-state index contributed by atoms with van der Waals surface area (Å²) in [6.07, 6.45) is 0.422. The van der Waals surface area contributed by atoms with Crippen LogP contribution in [-0.4, -0.2) is 67.8 Å². The standard InChI is InChI=1S/C12H29N3O/c1-11(2)10-15(8-7-14(3)4)6-5-12(16)9-13/h11-12,16H,5-10,13H2,1-4H3. The number of aliphatic hydroxyl groups is 1. The van der Waals surface area contributed by atoms with Gasteiger partial charge in [0.15, 0.2) is 0 Å². The van der Waals surface area contributed by atoms with Gasteiger partial charge in [-0.3, -0.25) is 0 Å². The average Bonchev–Trinajstić information content (AvgIpc) is 2.20. The highest BCUT2D eigenvalue weighted by Gasteiger charge is 2.10. The molecule has 4 nitrogen and oxygen atoms in total. The highest BCUT2D eigenvalue weighted by atomic mass is 16.3. The zero-order chi connectivity index (χ0) is 12.6. The van der Waals surface area contributed by atoms with E-state index in [1.165, 1.54) is 0 Å². The molecule has 0 saturated heterocycles. The van der Waals surface area contributed by atoms with E-state index in [4.69, 9.17) is 5.73 Å². The Bertz CT molecular complexity index is 162. The summed E-state index contributed by atoms with van der Waals surface area (Å²) < 4.78 is 0. The molecule has 0 aromatic heterocycles. The Morgan fingerprint density at radius 2 is 1.75 bits per heavy atom. The van der Waals surface area contributed by atoms with Crippen LogP contribution in [0.25, 0.3) is 0 Å². The second-order valence-electron chi connectivity index (χ2n) is 5.18. The van der Waals surface area contributed by atoms with Gasteiger partial charge >= 0.3 is 0 Å². The smallest absolute Gasteiger partial charge is 0.0674 e. The molecule has 0 aliphatic carbocycles. The lowest BCUT2D eigenvalue weighted by Crippen LogP contribution is -2.37. The molecule has 0 heterocycles. The van der Waals surface area contributed by atoms with Crippen molar-refractivity contribution in [2.45, 2.75) is 26.4 Å². The third-order valence-corrected chi connectivity index (χ3v) is 2.54. The first kappa shape index (κ1) is 15.8. The van der Waals surface area contributed by atoms with Gasteiger partial charge in [0.2, 0.25) is 0 Å². The van der Waals surface area contributed by atoms with Crippen LogP contribution in [0.1, 0.15) is 20.3 Å². The highest BCUT2D eigenvalue weighted by Crippen LogP contribution is 2.01. The van der Waals surface area contributed by atoms with Gasteiger partial charge in [-0.05, 0) is 26.4 Å². The SMILES string of the molecule is CC(C)CN(CCC(O)CN)CCN(C)C. The van der Waals surface area contributed by atoms with Crippen LogP contribution in [0.5, 0.6) is 0 Å². The Kier molecular flexibility index (Phi) is 8.84. The molecular weight excluding hydrogens is 202 g/mol. The van der Waals surface area contributed by atoms with Crippen LogP contribution in [0.4, 0.5) is 0 Å². The third kappa shape index (κ3) is 9.09. The fourth-order valence-corrected chi connectivity index (χ4v) is 1.60. The van der Waals surface area contributed by atoms with Crippen molar-refractivity contribution in [3.05, 3.63) is 0 Å². The predicted octanol–water partition coefficient (Wildman–Crippen LogP) is 0.216. The van der Waals surface area contributed by atoms with Gasteiger partial charge in [0.05, 0.1) is 6.10 Å². The molecule has 0 bridgehead atoms. The molecule has 3 N–H and O–H groups in total. The van der Waals surface area contributed by atoms with E-state index in [-0.39, 0.29) is 6.10 Å². The number of nitrogens with two attached hydrogens (primary N) is 1. The van der Waals surface area contributed by atoms with E-state index in [0.29, 0.717) is 12.5 Å². The Hall–Kier alpha value is -0.160. The molecule has 0 aliphatic heterocycles. The number of rotatable bonds is 9. The molecule has 0 aromatic carbocycles. The number of nitrogens with zero attached hydrogens (tertiary/aromatic N) is 2. The van der Waals surface area contributed by atoms with Crippen molar-refractivity contribution in [1.29, 1.82) is 0 Å². The van der Waals surface area contributed by atoms with E-state index in [1.807, 2.05) is 0 Å². The van der Waals surface area contributed by atoms with Crippen LogP contribution < -0.4 is 5.73 Å². The van der Waals surface area contributed by atoms with Gasteiger partial charge < -0.3 is 20.6 Å². The molecule has 4 heteroatoms. The summed E-state index contributed by atoms with van der Waals surface area (Å²) in [6, 6.07) is 0. The number of hydrogen-bond donors (Lipinski definition) is 2. The average molecular weight is 231 g/mol. The molecule has 0 fully saturated rings. The fraction of sp³-hybridized carbons (Fsp3) is 1.00. The first-order chi connectivity index (χ1) is 7.45. The van der Waals surface area contributed by atoms with E-state index in [1.54, 1.807) is 0 Å². The van der Waals surface area contributed by atoms with Gasteiger partial charge in [-0.2, -0.15) is 0 Å². The van der Waals surface area contributed by atoms with Crippen molar-refractivity contribution in [3.63, 3.8) is 0 Å². The number of hydrogen-bond acceptors (Lipinski definition) is 4. The van der Waals surface area contributed by atoms with E-state index < -0.39 is 0 Å². The van der Waals surface area contributed by atoms with E-state index >= 15 is 0 Å². The van der Waals surface area contributed by atoms with E-state index in [2.05, 4.69) is 37.7 Å². The van der Waals surface area contributed by atoms with Crippen LogP contribution in [0.2, 0.25) is 0 Å². The van der Waals surface area contributed by atoms with Crippen molar-refractivity contribution in [3.8, 4) is 0 Å². The molecule has 0 aromatic rings. The summed E-state index contributed by atoms with van der Waals surface area (Å²) in [7, 11) is 4.17. The lowest BCUT2D eigenvalue weighted by molar-refractivity contribution is 0.138. The molecule has 0 spiro atoms. The molecule has 0 saturated carbocycles. The predicted molar refractivity (Wildman–Crippen MR) is 69.5 cm³/mol.